The van der Waals surface area contributed by atoms with Crippen molar-refractivity contribution in [3.05, 3.63) is 58.1 Å². The van der Waals surface area contributed by atoms with E-state index >= 15 is 0 Å². The van der Waals surface area contributed by atoms with Crippen molar-refractivity contribution in [2.75, 3.05) is 5.32 Å². The zero-order valence-electron chi connectivity index (χ0n) is 12.1. The molecule has 0 atom stereocenters. The summed E-state index contributed by atoms with van der Waals surface area (Å²) in [4.78, 5) is 22.3. The van der Waals surface area contributed by atoms with Gasteiger partial charge in [-0.25, -0.2) is 4.79 Å². The molecule has 0 spiro atoms. The first-order valence-corrected chi connectivity index (χ1v) is 7.48. The van der Waals surface area contributed by atoms with Gasteiger partial charge < -0.3 is 15.2 Å². The van der Waals surface area contributed by atoms with Crippen molar-refractivity contribution in [3.63, 3.8) is 0 Å². The molecule has 118 valence electrons. The Balaban J connectivity index is 1.74. The molecule has 1 aliphatic rings. The van der Waals surface area contributed by atoms with Gasteiger partial charge in [-0.3, -0.25) is 4.79 Å². The Kier molecular flexibility index (Phi) is 4.21. The Labute approximate surface area is 137 Å². The Morgan fingerprint density at radius 3 is 2.65 bits per heavy atom. The highest BCUT2D eigenvalue weighted by Gasteiger charge is 2.17. The lowest BCUT2D eigenvalue weighted by Crippen LogP contribution is -2.19. The molecule has 3 rings (SSSR count). The fourth-order valence-corrected chi connectivity index (χ4v) is 2.63. The van der Waals surface area contributed by atoms with Crippen LogP contribution in [0.3, 0.4) is 0 Å². The van der Waals surface area contributed by atoms with Gasteiger partial charge in [0.2, 0.25) is 5.91 Å². The van der Waals surface area contributed by atoms with Crippen molar-refractivity contribution < 1.29 is 19.4 Å². The monoisotopic (exact) mass is 331 g/mol. The number of aryl methyl sites for hydroxylation is 1. The maximum Gasteiger partial charge on any atom is 0.335 e. The van der Waals surface area contributed by atoms with Crippen molar-refractivity contribution in [2.24, 2.45) is 0 Å². The Bertz CT molecular complexity index is 771. The van der Waals surface area contributed by atoms with E-state index < -0.39 is 5.97 Å². The number of carboxylic acids is 1. The summed E-state index contributed by atoms with van der Waals surface area (Å²) in [5.74, 6) is -0.504. The van der Waals surface area contributed by atoms with Crippen molar-refractivity contribution in [1.29, 1.82) is 0 Å². The molecule has 0 saturated heterocycles. The minimum Gasteiger partial charge on any atom is -0.487 e. The van der Waals surface area contributed by atoms with Crippen LogP contribution in [0, 0.1) is 0 Å². The predicted molar refractivity (Wildman–Crippen MR) is 86.1 cm³/mol. The second kappa shape index (κ2) is 6.30. The standard InChI is InChI=1S/C17H14ClNO4/c18-13-7-12-5-6-16(20)19-14(12)8-15(13)23-9-10-1-3-11(4-2-10)17(21)22/h1-4,7-8H,5-6,9H2,(H,19,20)(H,21,22). The molecule has 6 heteroatoms. The van der Waals surface area contributed by atoms with Gasteiger partial charge in [-0.05, 0) is 35.7 Å². The van der Waals surface area contributed by atoms with E-state index in [1.165, 1.54) is 12.1 Å². The Hall–Kier alpha value is -2.53. The number of ether oxygens (including phenoxy) is 1. The fraction of sp³-hybridized carbons (Fsp3) is 0.176. The number of hydrogen-bond acceptors (Lipinski definition) is 3. The Morgan fingerprint density at radius 1 is 1.22 bits per heavy atom. The summed E-state index contributed by atoms with van der Waals surface area (Å²) < 4.78 is 5.69. The molecule has 1 aliphatic heterocycles. The van der Waals surface area contributed by atoms with Crippen LogP contribution >= 0.6 is 11.6 Å². The molecule has 0 aromatic heterocycles. The van der Waals surface area contributed by atoms with Crippen molar-refractivity contribution in [3.8, 4) is 5.75 Å². The number of benzene rings is 2. The maximum absolute atomic E-state index is 11.5. The molecule has 2 aromatic rings. The van der Waals surface area contributed by atoms with Gasteiger partial charge in [0.25, 0.3) is 0 Å². The lowest BCUT2D eigenvalue weighted by Gasteiger charge is -2.19. The molecule has 1 amide bonds. The van der Waals surface area contributed by atoms with Gasteiger partial charge in [0.1, 0.15) is 12.4 Å². The average Bonchev–Trinajstić information content (AvgIpc) is 2.53. The van der Waals surface area contributed by atoms with Gasteiger partial charge in [-0.1, -0.05) is 23.7 Å². The summed E-state index contributed by atoms with van der Waals surface area (Å²) in [5.41, 5.74) is 2.77. The SMILES string of the molecule is O=C1CCc2cc(Cl)c(OCc3ccc(C(=O)O)cc3)cc2N1. The normalized spacial score (nSPS) is 13.2. The number of carbonyl (C=O) groups is 2. The molecule has 23 heavy (non-hydrogen) atoms. The van der Waals surface area contributed by atoms with Gasteiger partial charge in [-0.2, -0.15) is 0 Å². The maximum atomic E-state index is 11.5. The van der Waals surface area contributed by atoms with Crippen LogP contribution in [0.25, 0.3) is 0 Å². The second-order valence-electron chi connectivity index (χ2n) is 5.28. The molecule has 0 aliphatic carbocycles. The number of carboxylic acid groups (broad SMARTS) is 1. The molecule has 0 saturated carbocycles. The molecule has 0 fully saturated rings. The van der Waals surface area contributed by atoms with Crippen LogP contribution in [0.2, 0.25) is 5.02 Å². The van der Waals surface area contributed by atoms with E-state index in [2.05, 4.69) is 5.32 Å². The van der Waals surface area contributed by atoms with Crippen molar-refractivity contribution in [2.45, 2.75) is 19.4 Å². The van der Waals surface area contributed by atoms with Crippen LogP contribution in [-0.4, -0.2) is 17.0 Å². The lowest BCUT2D eigenvalue weighted by molar-refractivity contribution is -0.116. The lowest BCUT2D eigenvalue weighted by atomic mass is 10.0. The number of carbonyl (C=O) groups excluding carboxylic acids is 1. The Morgan fingerprint density at radius 2 is 1.96 bits per heavy atom. The summed E-state index contributed by atoms with van der Waals surface area (Å²) in [6.07, 6.45) is 1.12. The first kappa shape index (κ1) is 15.4. The fourth-order valence-electron chi connectivity index (χ4n) is 2.39. The third-order valence-corrected chi connectivity index (χ3v) is 3.94. The number of aromatic carboxylic acids is 1. The molecule has 5 nitrogen and oxygen atoms in total. The van der Waals surface area contributed by atoms with Gasteiger partial charge >= 0.3 is 5.97 Å². The van der Waals surface area contributed by atoms with E-state index in [-0.39, 0.29) is 18.1 Å². The van der Waals surface area contributed by atoms with Crippen LogP contribution in [0.4, 0.5) is 5.69 Å². The summed E-state index contributed by atoms with van der Waals surface area (Å²) in [6.45, 7) is 0.256. The number of fused-ring (bicyclic) bond motifs is 1. The van der Waals surface area contributed by atoms with Gasteiger partial charge in [-0.15, -0.1) is 0 Å². The molecular weight excluding hydrogens is 318 g/mol. The average molecular weight is 332 g/mol. The van der Waals surface area contributed by atoms with Crippen molar-refractivity contribution in [1.82, 2.24) is 0 Å². The number of nitrogens with one attached hydrogen (secondary N) is 1. The number of hydrogen-bond donors (Lipinski definition) is 2. The minimum atomic E-state index is -0.967. The van der Waals surface area contributed by atoms with E-state index in [0.29, 0.717) is 23.6 Å². The van der Waals surface area contributed by atoms with Crippen LogP contribution < -0.4 is 10.1 Å². The highest BCUT2D eigenvalue weighted by molar-refractivity contribution is 6.32. The first-order chi connectivity index (χ1) is 11.0. The summed E-state index contributed by atoms with van der Waals surface area (Å²) in [6, 6.07) is 9.96. The largest absolute Gasteiger partial charge is 0.487 e. The molecular formula is C17H14ClNO4. The van der Waals surface area contributed by atoms with Crippen LogP contribution in [0.5, 0.6) is 5.75 Å². The highest BCUT2D eigenvalue weighted by Crippen LogP contribution is 2.34. The molecule has 2 N–H and O–H groups in total. The molecule has 1 heterocycles. The van der Waals surface area contributed by atoms with Crippen molar-refractivity contribution >= 4 is 29.2 Å². The second-order valence-corrected chi connectivity index (χ2v) is 5.69. The van der Waals surface area contributed by atoms with E-state index in [1.807, 2.05) is 0 Å². The van der Waals surface area contributed by atoms with Gasteiger partial charge in [0, 0.05) is 18.2 Å². The van der Waals surface area contributed by atoms with Crippen LogP contribution in [0.1, 0.15) is 27.9 Å². The number of halogens is 1. The zero-order valence-corrected chi connectivity index (χ0v) is 12.9. The summed E-state index contributed by atoms with van der Waals surface area (Å²) >= 11 is 6.22. The van der Waals surface area contributed by atoms with E-state index in [9.17, 15) is 9.59 Å². The smallest absolute Gasteiger partial charge is 0.335 e. The number of anilines is 1. The van der Waals surface area contributed by atoms with Gasteiger partial charge in [0.15, 0.2) is 0 Å². The molecule has 0 bridgehead atoms. The van der Waals surface area contributed by atoms with Gasteiger partial charge in [0.05, 0.1) is 10.6 Å². The summed E-state index contributed by atoms with van der Waals surface area (Å²) in [7, 11) is 0. The predicted octanol–water partition coefficient (Wildman–Crippen LogP) is 3.50. The summed E-state index contributed by atoms with van der Waals surface area (Å²) in [5, 5.41) is 12.2. The zero-order chi connectivity index (χ0) is 16.4. The molecule has 0 radical (unpaired) electrons. The third kappa shape index (κ3) is 3.46. The third-order valence-electron chi connectivity index (χ3n) is 3.65. The first-order valence-electron chi connectivity index (χ1n) is 7.10. The minimum absolute atomic E-state index is 0.0185. The van der Waals surface area contributed by atoms with E-state index in [1.54, 1.807) is 24.3 Å². The number of amides is 1. The van der Waals surface area contributed by atoms with Crippen LogP contribution in [0.15, 0.2) is 36.4 Å². The van der Waals surface area contributed by atoms with Crippen LogP contribution in [-0.2, 0) is 17.8 Å². The topological polar surface area (TPSA) is 75.6 Å². The number of rotatable bonds is 4. The van der Waals surface area contributed by atoms with E-state index in [0.717, 1.165) is 16.8 Å². The van der Waals surface area contributed by atoms with E-state index in [4.69, 9.17) is 21.4 Å². The quantitative estimate of drug-likeness (QED) is 0.899. The molecule has 2 aromatic carbocycles. The molecule has 0 unspecified atom stereocenters. The highest BCUT2D eigenvalue weighted by atomic mass is 35.5.